The number of carbonyl (C=O) groups is 3. The lowest BCUT2D eigenvalue weighted by atomic mass is 10.0. The third-order valence-corrected chi connectivity index (χ3v) is 6.56. The van der Waals surface area contributed by atoms with Crippen LogP contribution in [0.1, 0.15) is 39.1 Å². The van der Waals surface area contributed by atoms with Gasteiger partial charge in [0.15, 0.2) is 11.4 Å². The Morgan fingerprint density at radius 2 is 2.17 bits per heavy atom. The first kappa shape index (κ1) is 24.1. The molecule has 0 bridgehead atoms. The smallest absolute Gasteiger partial charge is 0.253 e. The van der Waals surface area contributed by atoms with Crippen molar-refractivity contribution in [2.45, 2.75) is 24.4 Å². The predicted molar refractivity (Wildman–Crippen MR) is 132 cm³/mol. The minimum atomic E-state index is -0.956. The molecule has 0 radical (unpaired) electrons. The van der Waals surface area contributed by atoms with Gasteiger partial charge in [-0.1, -0.05) is 24.8 Å². The van der Waals surface area contributed by atoms with Gasteiger partial charge in [0.1, 0.15) is 11.6 Å². The molecule has 3 aromatic rings. The lowest BCUT2D eigenvalue weighted by molar-refractivity contribution is -0.119. The normalized spacial score (nSPS) is 14.4. The highest BCUT2D eigenvalue weighted by molar-refractivity contribution is 7.14. The van der Waals surface area contributed by atoms with Crippen molar-refractivity contribution < 1.29 is 19.1 Å². The molecule has 1 fully saturated rings. The molecule has 0 saturated heterocycles. The van der Waals surface area contributed by atoms with Crippen LogP contribution in [0.4, 0.5) is 5.13 Å². The molecule has 1 aromatic carbocycles. The van der Waals surface area contributed by atoms with Gasteiger partial charge in [0, 0.05) is 36.0 Å². The molecule has 1 saturated carbocycles. The molecule has 9 nitrogen and oxygen atoms in total. The summed E-state index contributed by atoms with van der Waals surface area (Å²) < 4.78 is 6.86. The number of rotatable bonds is 10. The van der Waals surface area contributed by atoms with Crippen LogP contribution in [0.3, 0.4) is 0 Å². The number of aldehydes is 1. The summed E-state index contributed by atoms with van der Waals surface area (Å²) in [6, 6.07) is 8.25. The van der Waals surface area contributed by atoms with Crippen molar-refractivity contribution in [1.82, 2.24) is 14.9 Å². The summed E-state index contributed by atoms with van der Waals surface area (Å²) in [6.45, 7) is 3.66. The lowest BCUT2D eigenvalue weighted by Gasteiger charge is -2.16. The quantitative estimate of drug-likeness (QED) is 0.420. The fourth-order valence-electron chi connectivity index (χ4n) is 3.61. The van der Waals surface area contributed by atoms with E-state index in [0.717, 1.165) is 30.3 Å². The van der Waals surface area contributed by atoms with Gasteiger partial charge in [-0.2, -0.15) is 5.26 Å². The van der Waals surface area contributed by atoms with E-state index in [-0.39, 0.29) is 6.61 Å². The maximum Gasteiger partial charge on any atom is 0.253 e. The third-order valence-electron chi connectivity index (χ3n) is 5.80. The van der Waals surface area contributed by atoms with Gasteiger partial charge in [-0.25, -0.2) is 4.98 Å². The highest BCUT2D eigenvalue weighted by Crippen LogP contribution is 2.42. The van der Waals surface area contributed by atoms with Gasteiger partial charge in [0.2, 0.25) is 0 Å². The second-order valence-corrected chi connectivity index (χ2v) is 8.98. The van der Waals surface area contributed by atoms with Crippen molar-refractivity contribution in [3.63, 3.8) is 0 Å². The van der Waals surface area contributed by atoms with Crippen molar-refractivity contribution in [2.75, 3.05) is 19.0 Å². The summed E-state index contributed by atoms with van der Waals surface area (Å²) in [5.74, 6) is -0.926. The molecular formula is C25H23N5O4S. The van der Waals surface area contributed by atoms with Crippen LogP contribution >= 0.6 is 11.3 Å². The largest absolute Gasteiger partial charge is 0.382 e. The molecule has 2 heterocycles. The van der Waals surface area contributed by atoms with E-state index in [9.17, 15) is 19.6 Å². The van der Waals surface area contributed by atoms with E-state index in [2.05, 4.69) is 28.3 Å². The van der Waals surface area contributed by atoms with E-state index in [0.29, 0.717) is 22.0 Å². The maximum absolute atomic E-state index is 12.9. The highest BCUT2D eigenvalue weighted by Gasteiger charge is 2.45. The zero-order valence-corrected chi connectivity index (χ0v) is 19.8. The third kappa shape index (κ3) is 5.06. The first-order valence-electron chi connectivity index (χ1n) is 10.8. The van der Waals surface area contributed by atoms with Crippen LogP contribution in [-0.4, -0.2) is 47.4 Å². The molecule has 0 spiro atoms. The molecule has 10 heteroatoms. The Morgan fingerprint density at radius 1 is 1.37 bits per heavy atom. The number of hydrogen-bond donors (Lipinski definition) is 2. The van der Waals surface area contributed by atoms with Crippen LogP contribution in [0.15, 0.2) is 48.6 Å². The SMILES string of the molecule is C=Cc1ccc(-c2csc(NC(=O)[C@H](COC)NC(=O)c3ccn(C4(C#N)CC4)c3)n2)cc1C=O. The van der Waals surface area contributed by atoms with Crippen molar-refractivity contribution in [3.05, 3.63) is 65.3 Å². The van der Waals surface area contributed by atoms with E-state index < -0.39 is 23.4 Å². The molecule has 1 aliphatic carbocycles. The fourth-order valence-corrected chi connectivity index (χ4v) is 4.34. The molecule has 2 N–H and O–H groups in total. The topological polar surface area (TPSA) is 126 Å². The summed E-state index contributed by atoms with van der Waals surface area (Å²) >= 11 is 1.22. The second-order valence-electron chi connectivity index (χ2n) is 8.13. The van der Waals surface area contributed by atoms with Crippen molar-refractivity contribution >= 4 is 40.6 Å². The van der Waals surface area contributed by atoms with E-state index in [4.69, 9.17) is 4.74 Å². The van der Waals surface area contributed by atoms with Crippen molar-refractivity contribution in [3.8, 4) is 17.3 Å². The van der Waals surface area contributed by atoms with Gasteiger partial charge >= 0.3 is 0 Å². The monoisotopic (exact) mass is 489 g/mol. The number of anilines is 1. The van der Waals surface area contributed by atoms with Gasteiger partial charge in [0.25, 0.3) is 11.8 Å². The first-order valence-corrected chi connectivity index (χ1v) is 11.7. The first-order chi connectivity index (χ1) is 16.9. The number of hydrogen-bond acceptors (Lipinski definition) is 7. The number of nitriles is 1. The zero-order chi connectivity index (χ0) is 25.0. The summed E-state index contributed by atoms with van der Waals surface area (Å²) in [6.07, 6.45) is 7.17. The van der Waals surface area contributed by atoms with Crippen LogP contribution in [0.2, 0.25) is 0 Å². The van der Waals surface area contributed by atoms with E-state index >= 15 is 0 Å². The Balaban J connectivity index is 1.44. The van der Waals surface area contributed by atoms with Gasteiger partial charge in [0.05, 0.1) is 23.9 Å². The van der Waals surface area contributed by atoms with Crippen LogP contribution in [0, 0.1) is 11.3 Å². The maximum atomic E-state index is 12.9. The molecule has 1 atom stereocenters. The number of amides is 2. The van der Waals surface area contributed by atoms with Crippen LogP contribution < -0.4 is 10.6 Å². The van der Waals surface area contributed by atoms with Crippen LogP contribution in [0.25, 0.3) is 17.3 Å². The van der Waals surface area contributed by atoms with Crippen molar-refractivity contribution in [1.29, 1.82) is 5.26 Å². The minimum Gasteiger partial charge on any atom is -0.382 e. The number of thiazole rings is 1. The summed E-state index contributed by atoms with van der Waals surface area (Å²) in [5, 5.41) is 16.8. The van der Waals surface area contributed by atoms with Crippen LogP contribution in [-0.2, 0) is 15.1 Å². The molecule has 2 aromatic heterocycles. The molecule has 35 heavy (non-hydrogen) atoms. The number of nitrogens with one attached hydrogen (secondary N) is 2. The molecule has 2 amide bonds. The second kappa shape index (κ2) is 10.0. The standard InChI is InChI=1S/C25H23N5O4S/c1-3-16-4-5-17(10-19(16)12-31)21-14-35-24(28-21)29-23(33)20(13-34-2)27-22(32)18-6-9-30(11-18)25(15-26)7-8-25/h3-6,9-12,14,20H,1,7-8,13H2,2H3,(H,27,32)(H,28,29,33)/t20-/m0/s1. The fraction of sp³-hybridized carbons (Fsp3) is 0.240. The number of aromatic nitrogens is 2. The van der Waals surface area contributed by atoms with Gasteiger partial charge in [-0.05, 0) is 30.5 Å². The van der Waals surface area contributed by atoms with Gasteiger partial charge < -0.3 is 19.9 Å². The van der Waals surface area contributed by atoms with Gasteiger partial charge in [-0.15, -0.1) is 11.3 Å². The minimum absolute atomic E-state index is 0.0373. The average Bonchev–Trinajstić information content (AvgIpc) is 3.27. The predicted octanol–water partition coefficient (Wildman–Crippen LogP) is 3.46. The van der Waals surface area contributed by atoms with E-state index in [1.54, 1.807) is 46.6 Å². The van der Waals surface area contributed by atoms with Gasteiger partial charge in [-0.3, -0.25) is 14.4 Å². The summed E-state index contributed by atoms with van der Waals surface area (Å²) in [4.78, 5) is 41.4. The Kier molecular flexibility index (Phi) is 6.91. The number of nitrogens with zero attached hydrogens (tertiary/aromatic N) is 3. The number of carbonyl (C=O) groups excluding carboxylic acids is 3. The Labute approximate surface area is 206 Å². The van der Waals surface area contributed by atoms with Crippen molar-refractivity contribution in [2.24, 2.45) is 0 Å². The average molecular weight is 490 g/mol. The summed E-state index contributed by atoms with van der Waals surface area (Å²) in [7, 11) is 1.44. The highest BCUT2D eigenvalue weighted by atomic mass is 32.1. The molecule has 0 unspecified atom stereocenters. The molecular weight excluding hydrogens is 466 g/mol. The Morgan fingerprint density at radius 3 is 2.83 bits per heavy atom. The Bertz CT molecular complexity index is 1330. The molecule has 178 valence electrons. The lowest BCUT2D eigenvalue weighted by Crippen LogP contribution is -2.46. The zero-order valence-electron chi connectivity index (χ0n) is 19.0. The van der Waals surface area contributed by atoms with E-state index in [1.165, 1.54) is 18.4 Å². The molecule has 1 aliphatic rings. The number of benzene rings is 1. The molecule has 0 aliphatic heterocycles. The van der Waals surface area contributed by atoms with Crippen LogP contribution in [0.5, 0.6) is 0 Å². The molecule has 4 rings (SSSR count). The number of ether oxygens (including phenoxy) is 1. The summed E-state index contributed by atoms with van der Waals surface area (Å²) in [5.41, 5.74) is 2.33. The Hall–Kier alpha value is -4.07. The van der Waals surface area contributed by atoms with E-state index in [1.807, 2.05) is 6.07 Å². The number of methoxy groups -OCH3 is 1.